The minimum absolute atomic E-state index is 0.0588. The number of phenols is 2. The molecule has 0 heterocycles. The van der Waals surface area contributed by atoms with Gasteiger partial charge in [-0.1, -0.05) is 19.4 Å². The minimum Gasteiger partial charge on any atom is -0.504 e. The quantitative estimate of drug-likeness (QED) is 0.624. The highest BCUT2D eigenvalue weighted by Crippen LogP contribution is 2.28. The largest absolute Gasteiger partial charge is 0.504 e. The lowest BCUT2D eigenvalue weighted by Crippen LogP contribution is -2.09. The molecule has 0 aliphatic rings. The van der Waals surface area contributed by atoms with Crippen molar-refractivity contribution in [1.82, 2.24) is 0 Å². The van der Waals surface area contributed by atoms with Crippen LogP contribution in [0.1, 0.15) is 31.4 Å². The van der Waals surface area contributed by atoms with Crippen LogP contribution in [0.4, 0.5) is 0 Å². The van der Waals surface area contributed by atoms with E-state index in [1.54, 1.807) is 6.07 Å². The maximum absolute atomic E-state index is 9.21. The summed E-state index contributed by atoms with van der Waals surface area (Å²) in [5.41, 5.74) is 6.69. The van der Waals surface area contributed by atoms with Crippen molar-refractivity contribution < 1.29 is 10.2 Å². The standard InChI is InChI=1S/C10H15NO2/c1-2-3-8(11)7-4-5-9(12)10(13)6-7/h4-6,8,12-13H,2-3,11H2,1H3. The second-order valence-electron chi connectivity index (χ2n) is 3.14. The molecule has 0 saturated heterocycles. The van der Waals surface area contributed by atoms with Crippen LogP contribution in [-0.2, 0) is 0 Å². The van der Waals surface area contributed by atoms with Crippen molar-refractivity contribution >= 4 is 0 Å². The molecule has 0 bridgehead atoms. The second kappa shape index (κ2) is 4.14. The van der Waals surface area contributed by atoms with Gasteiger partial charge in [-0.25, -0.2) is 0 Å². The molecule has 0 radical (unpaired) electrons. The Morgan fingerprint density at radius 3 is 2.54 bits per heavy atom. The van der Waals surface area contributed by atoms with Gasteiger partial charge < -0.3 is 15.9 Å². The van der Waals surface area contributed by atoms with Crippen molar-refractivity contribution in [3.63, 3.8) is 0 Å². The lowest BCUT2D eigenvalue weighted by Gasteiger charge is -2.11. The van der Waals surface area contributed by atoms with Gasteiger partial charge in [0.15, 0.2) is 11.5 Å². The third-order valence-electron chi connectivity index (χ3n) is 2.03. The second-order valence-corrected chi connectivity index (χ2v) is 3.14. The molecule has 1 aromatic carbocycles. The molecule has 13 heavy (non-hydrogen) atoms. The lowest BCUT2D eigenvalue weighted by atomic mass is 10.0. The average molecular weight is 181 g/mol. The molecule has 0 aromatic heterocycles. The van der Waals surface area contributed by atoms with Crippen LogP contribution in [0.25, 0.3) is 0 Å². The molecule has 4 N–H and O–H groups in total. The number of rotatable bonds is 3. The summed E-state index contributed by atoms with van der Waals surface area (Å²) in [6.45, 7) is 2.06. The van der Waals surface area contributed by atoms with Crippen molar-refractivity contribution in [2.24, 2.45) is 5.73 Å². The first kappa shape index (κ1) is 9.86. The predicted octanol–water partition coefficient (Wildman–Crippen LogP) is 1.90. The summed E-state index contributed by atoms with van der Waals surface area (Å²) < 4.78 is 0. The van der Waals surface area contributed by atoms with E-state index in [2.05, 4.69) is 6.92 Å². The average Bonchev–Trinajstić information content (AvgIpc) is 2.10. The zero-order valence-corrected chi connectivity index (χ0v) is 7.70. The third-order valence-corrected chi connectivity index (χ3v) is 2.03. The predicted molar refractivity (Wildman–Crippen MR) is 51.6 cm³/mol. The van der Waals surface area contributed by atoms with Gasteiger partial charge in [-0.05, 0) is 24.1 Å². The summed E-state index contributed by atoms with van der Waals surface area (Å²) in [5.74, 6) is -0.212. The van der Waals surface area contributed by atoms with Gasteiger partial charge in [0, 0.05) is 6.04 Å². The zero-order chi connectivity index (χ0) is 9.84. The fraction of sp³-hybridized carbons (Fsp3) is 0.400. The van der Waals surface area contributed by atoms with Crippen LogP contribution in [-0.4, -0.2) is 10.2 Å². The molecule has 0 aliphatic heterocycles. The van der Waals surface area contributed by atoms with Crippen molar-refractivity contribution in [2.75, 3.05) is 0 Å². The Hall–Kier alpha value is -1.22. The molecule has 0 aliphatic carbocycles. The Morgan fingerprint density at radius 2 is 2.00 bits per heavy atom. The number of benzene rings is 1. The molecule has 1 atom stereocenters. The number of aromatic hydroxyl groups is 2. The Kier molecular flexibility index (Phi) is 3.14. The number of hydrogen-bond donors (Lipinski definition) is 3. The van der Waals surface area contributed by atoms with Crippen LogP contribution in [0, 0.1) is 0 Å². The van der Waals surface area contributed by atoms with E-state index in [0.717, 1.165) is 18.4 Å². The van der Waals surface area contributed by atoms with Crippen LogP contribution in [0.3, 0.4) is 0 Å². The first-order chi connectivity index (χ1) is 6.15. The Labute approximate surface area is 77.8 Å². The van der Waals surface area contributed by atoms with Crippen LogP contribution in [0.5, 0.6) is 11.5 Å². The molecular formula is C10H15NO2. The topological polar surface area (TPSA) is 66.5 Å². The third kappa shape index (κ3) is 2.36. The summed E-state index contributed by atoms with van der Waals surface area (Å²) >= 11 is 0. The number of hydrogen-bond acceptors (Lipinski definition) is 3. The van der Waals surface area contributed by atoms with Crippen LogP contribution in [0.2, 0.25) is 0 Å². The van der Waals surface area contributed by atoms with Crippen molar-refractivity contribution in [2.45, 2.75) is 25.8 Å². The number of phenolic OH excluding ortho intramolecular Hbond substituents is 2. The first-order valence-corrected chi connectivity index (χ1v) is 4.42. The van der Waals surface area contributed by atoms with Gasteiger partial charge in [0.1, 0.15) is 0 Å². The monoisotopic (exact) mass is 181 g/mol. The van der Waals surface area contributed by atoms with E-state index in [4.69, 9.17) is 10.8 Å². The van der Waals surface area contributed by atoms with E-state index in [9.17, 15) is 5.11 Å². The Bertz CT molecular complexity index is 286. The summed E-state index contributed by atoms with van der Waals surface area (Å²) in [5, 5.41) is 18.3. The Balaban J connectivity index is 2.84. The number of nitrogens with two attached hydrogens (primary N) is 1. The van der Waals surface area contributed by atoms with E-state index in [0.29, 0.717) is 0 Å². The highest BCUT2D eigenvalue weighted by molar-refractivity contribution is 5.41. The molecule has 1 unspecified atom stereocenters. The maximum atomic E-state index is 9.21. The molecule has 1 rings (SSSR count). The molecule has 0 saturated carbocycles. The minimum atomic E-state index is -0.107. The molecule has 0 spiro atoms. The molecule has 1 aromatic rings. The van der Waals surface area contributed by atoms with E-state index < -0.39 is 0 Å². The van der Waals surface area contributed by atoms with Crippen molar-refractivity contribution in [3.05, 3.63) is 23.8 Å². The molecule has 3 nitrogen and oxygen atoms in total. The van der Waals surface area contributed by atoms with E-state index in [1.807, 2.05) is 0 Å². The van der Waals surface area contributed by atoms with Crippen LogP contribution < -0.4 is 5.73 Å². The highest BCUT2D eigenvalue weighted by Gasteiger charge is 2.07. The molecule has 72 valence electrons. The van der Waals surface area contributed by atoms with Gasteiger partial charge in [-0.15, -0.1) is 0 Å². The van der Waals surface area contributed by atoms with Gasteiger partial charge >= 0.3 is 0 Å². The van der Waals surface area contributed by atoms with E-state index in [-0.39, 0.29) is 17.5 Å². The SMILES string of the molecule is CCCC(N)c1ccc(O)c(O)c1. The van der Waals surface area contributed by atoms with Gasteiger partial charge in [0.05, 0.1) is 0 Å². The van der Waals surface area contributed by atoms with Gasteiger partial charge in [-0.2, -0.15) is 0 Å². The Morgan fingerprint density at radius 1 is 1.31 bits per heavy atom. The van der Waals surface area contributed by atoms with Gasteiger partial charge in [0.2, 0.25) is 0 Å². The molecular weight excluding hydrogens is 166 g/mol. The summed E-state index contributed by atoms with van der Waals surface area (Å²) in [4.78, 5) is 0. The summed E-state index contributed by atoms with van der Waals surface area (Å²) in [6.07, 6.45) is 1.88. The van der Waals surface area contributed by atoms with Crippen LogP contribution in [0.15, 0.2) is 18.2 Å². The van der Waals surface area contributed by atoms with Crippen LogP contribution >= 0.6 is 0 Å². The molecule has 0 amide bonds. The lowest BCUT2D eigenvalue weighted by molar-refractivity contribution is 0.402. The maximum Gasteiger partial charge on any atom is 0.157 e. The zero-order valence-electron chi connectivity index (χ0n) is 7.70. The van der Waals surface area contributed by atoms with E-state index in [1.165, 1.54) is 12.1 Å². The molecule has 0 fully saturated rings. The first-order valence-electron chi connectivity index (χ1n) is 4.42. The van der Waals surface area contributed by atoms with E-state index >= 15 is 0 Å². The summed E-state index contributed by atoms with van der Waals surface area (Å²) in [7, 11) is 0. The summed E-state index contributed by atoms with van der Waals surface area (Å²) in [6, 6.07) is 4.64. The van der Waals surface area contributed by atoms with Gasteiger partial charge in [0.25, 0.3) is 0 Å². The van der Waals surface area contributed by atoms with Crippen molar-refractivity contribution in [3.8, 4) is 11.5 Å². The smallest absolute Gasteiger partial charge is 0.157 e. The van der Waals surface area contributed by atoms with Gasteiger partial charge in [-0.3, -0.25) is 0 Å². The highest BCUT2D eigenvalue weighted by atomic mass is 16.3. The fourth-order valence-electron chi connectivity index (χ4n) is 1.25. The van der Waals surface area contributed by atoms with Crippen molar-refractivity contribution in [1.29, 1.82) is 0 Å². The fourth-order valence-corrected chi connectivity index (χ4v) is 1.25. The molecule has 3 heteroatoms. The normalized spacial score (nSPS) is 12.8.